The van der Waals surface area contributed by atoms with E-state index in [0.717, 1.165) is 5.69 Å². The Bertz CT molecular complexity index is 475. The van der Waals surface area contributed by atoms with Gasteiger partial charge in [0.15, 0.2) is 0 Å². The van der Waals surface area contributed by atoms with Gasteiger partial charge in [-0.2, -0.15) is 0 Å². The van der Waals surface area contributed by atoms with Gasteiger partial charge in [0, 0.05) is 12.1 Å². The van der Waals surface area contributed by atoms with E-state index in [1.807, 2.05) is 24.3 Å². The third-order valence-electron chi connectivity index (χ3n) is 3.13. The molecule has 0 atom stereocenters. The first-order chi connectivity index (χ1) is 9.19. The molecule has 0 unspecified atom stereocenters. The topological polar surface area (TPSA) is 66.4 Å². The lowest BCUT2D eigenvalue weighted by Crippen LogP contribution is -2.24. The molecular formula is C16H23NO3. The fourth-order valence-corrected chi connectivity index (χ4v) is 2.06. The van der Waals surface area contributed by atoms with Crippen molar-refractivity contribution in [2.24, 2.45) is 5.41 Å². The Labute approximate surface area is 120 Å². The van der Waals surface area contributed by atoms with Gasteiger partial charge in [0.05, 0.1) is 6.42 Å². The molecule has 1 amide bonds. The van der Waals surface area contributed by atoms with Gasteiger partial charge >= 0.3 is 5.97 Å². The van der Waals surface area contributed by atoms with E-state index in [0.29, 0.717) is 5.92 Å². The average molecular weight is 277 g/mol. The highest BCUT2D eigenvalue weighted by atomic mass is 16.4. The maximum absolute atomic E-state index is 11.9. The van der Waals surface area contributed by atoms with Crippen molar-refractivity contribution in [3.05, 3.63) is 29.8 Å². The number of carboxylic acids is 1. The molecule has 0 heterocycles. The summed E-state index contributed by atoms with van der Waals surface area (Å²) in [7, 11) is 0. The van der Waals surface area contributed by atoms with Crippen molar-refractivity contribution in [3.8, 4) is 0 Å². The molecule has 0 fully saturated rings. The normalized spacial score (nSPS) is 11.4. The van der Waals surface area contributed by atoms with Crippen LogP contribution in [0.1, 0.15) is 52.0 Å². The van der Waals surface area contributed by atoms with Crippen LogP contribution in [0.25, 0.3) is 0 Å². The fraction of sp³-hybridized carbons (Fsp3) is 0.500. The maximum atomic E-state index is 11.9. The van der Waals surface area contributed by atoms with E-state index in [1.165, 1.54) is 5.56 Å². The Hall–Kier alpha value is -1.84. The molecule has 2 N–H and O–H groups in total. The van der Waals surface area contributed by atoms with Crippen LogP contribution < -0.4 is 5.32 Å². The second-order valence-electron chi connectivity index (χ2n) is 6.24. The zero-order valence-corrected chi connectivity index (χ0v) is 12.6. The predicted octanol–water partition coefficient (Wildman–Crippen LogP) is 3.64. The number of hydrogen-bond acceptors (Lipinski definition) is 2. The first-order valence-electron chi connectivity index (χ1n) is 6.81. The quantitative estimate of drug-likeness (QED) is 0.834. The molecule has 0 aromatic heterocycles. The molecule has 1 aromatic carbocycles. The molecule has 0 aliphatic heterocycles. The molecule has 1 aromatic rings. The average Bonchev–Trinajstić information content (AvgIpc) is 2.26. The summed E-state index contributed by atoms with van der Waals surface area (Å²) in [4.78, 5) is 22.6. The molecule has 0 saturated carbocycles. The van der Waals surface area contributed by atoms with Crippen LogP contribution in [0.2, 0.25) is 0 Å². The summed E-state index contributed by atoms with van der Waals surface area (Å²) < 4.78 is 0. The van der Waals surface area contributed by atoms with Crippen LogP contribution in [0, 0.1) is 5.41 Å². The molecule has 0 bridgehead atoms. The molecule has 110 valence electrons. The third-order valence-corrected chi connectivity index (χ3v) is 3.13. The molecule has 1 rings (SSSR count). The molecule has 4 heteroatoms. The summed E-state index contributed by atoms with van der Waals surface area (Å²) in [5.41, 5.74) is 1.41. The summed E-state index contributed by atoms with van der Waals surface area (Å²) in [5.74, 6) is -0.591. The Morgan fingerprint density at radius 2 is 1.70 bits per heavy atom. The first-order valence-corrected chi connectivity index (χ1v) is 6.81. The predicted molar refractivity (Wildman–Crippen MR) is 79.8 cm³/mol. The molecular weight excluding hydrogens is 254 g/mol. The van der Waals surface area contributed by atoms with Crippen LogP contribution in [0.5, 0.6) is 0 Å². The van der Waals surface area contributed by atoms with Crippen molar-refractivity contribution in [2.45, 2.75) is 46.5 Å². The Morgan fingerprint density at radius 3 is 2.15 bits per heavy atom. The third kappa shape index (κ3) is 5.43. The standard InChI is InChI=1S/C16H23NO3/c1-11(2)12-5-7-13(8-6-12)17-14(18)9-16(3,4)10-15(19)20/h5-8,11H,9-10H2,1-4H3,(H,17,18)(H,19,20). The lowest BCUT2D eigenvalue weighted by atomic mass is 9.85. The zero-order valence-electron chi connectivity index (χ0n) is 12.6. The highest BCUT2D eigenvalue weighted by molar-refractivity contribution is 5.91. The van der Waals surface area contributed by atoms with E-state index >= 15 is 0 Å². The lowest BCUT2D eigenvalue weighted by Gasteiger charge is -2.21. The second-order valence-corrected chi connectivity index (χ2v) is 6.24. The van der Waals surface area contributed by atoms with Gasteiger partial charge in [-0.05, 0) is 29.0 Å². The van der Waals surface area contributed by atoms with E-state index in [1.54, 1.807) is 13.8 Å². The minimum atomic E-state index is -0.885. The summed E-state index contributed by atoms with van der Waals surface area (Å²) in [6, 6.07) is 7.72. The van der Waals surface area contributed by atoms with Gasteiger partial charge in [-0.1, -0.05) is 39.8 Å². The van der Waals surface area contributed by atoms with Gasteiger partial charge in [0.25, 0.3) is 0 Å². The number of hydrogen-bond donors (Lipinski definition) is 2. The first kappa shape index (κ1) is 16.2. The molecule has 0 saturated heterocycles. The van der Waals surface area contributed by atoms with Gasteiger partial charge in [0.2, 0.25) is 5.91 Å². The smallest absolute Gasteiger partial charge is 0.303 e. The molecule has 0 aliphatic rings. The fourth-order valence-electron chi connectivity index (χ4n) is 2.06. The van der Waals surface area contributed by atoms with Crippen molar-refractivity contribution in [3.63, 3.8) is 0 Å². The zero-order chi connectivity index (χ0) is 15.3. The number of aliphatic carboxylic acids is 1. The highest BCUT2D eigenvalue weighted by Gasteiger charge is 2.25. The number of amides is 1. The van der Waals surface area contributed by atoms with Crippen LogP contribution in [-0.4, -0.2) is 17.0 Å². The van der Waals surface area contributed by atoms with Crippen LogP contribution >= 0.6 is 0 Å². The van der Waals surface area contributed by atoms with Crippen molar-refractivity contribution in [1.29, 1.82) is 0 Å². The number of carboxylic acid groups (broad SMARTS) is 1. The number of anilines is 1. The van der Waals surface area contributed by atoms with E-state index in [9.17, 15) is 9.59 Å². The highest BCUT2D eigenvalue weighted by Crippen LogP contribution is 2.26. The number of nitrogens with one attached hydrogen (secondary N) is 1. The van der Waals surface area contributed by atoms with Crippen molar-refractivity contribution < 1.29 is 14.7 Å². The molecule has 0 spiro atoms. The van der Waals surface area contributed by atoms with E-state index in [-0.39, 0.29) is 18.7 Å². The second kappa shape index (κ2) is 6.55. The minimum Gasteiger partial charge on any atom is -0.481 e. The van der Waals surface area contributed by atoms with E-state index in [4.69, 9.17) is 5.11 Å². The molecule has 4 nitrogen and oxygen atoms in total. The van der Waals surface area contributed by atoms with Crippen molar-refractivity contribution >= 4 is 17.6 Å². The summed E-state index contributed by atoms with van der Waals surface area (Å²) in [6.07, 6.45) is 0.165. The number of carbonyl (C=O) groups excluding carboxylic acids is 1. The molecule has 0 radical (unpaired) electrons. The maximum Gasteiger partial charge on any atom is 0.303 e. The Balaban J connectivity index is 2.60. The molecule has 20 heavy (non-hydrogen) atoms. The Morgan fingerprint density at radius 1 is 1.15 bits per heavy atom. The number of rotatable bonds is 6. The van der Waals surface area contributed by atoms with Crippen LogP contribution in [0.15, 0.2) is 24.3 Å². The van der Waals surface area contributed by atoms with E-state index < -0.39 is 11.4 Å². The Kier molecular flexibility index (Phi) is 5.31. The van der Waals surface area contributed by atoms with Gasteiger partial charge in [-0.3, -0.25) is 9.59 Å². The van der Waals surface area contributed by atoms with Crippen LogP contribution in [0.3, 0.4) is 0 Å². The number of benzene rings is 1. The van der Waals surface area contributed by atoms with E-state index in [2.05, 4.69) is 19.2 Å². The van der Waals surface area contributed by atoms with Gasteiger partial charge in [0.1, 0.15) is 0 Å². The summed E-state index contributed by atoms with van der Waals surface area (Å²) >= 11 is 0. The van der Waals surface area contributed by atoms with Crippen LogP contribution in [-0.2, 0) is 9.59 Å². The van der Waals surface area contributed by atoms with Crippen LogP contribution in [0.4, 0.5) is 5.69 Å². The van der Waals surface area contributed by atoms with Crippen molar-refractivity contribution in [1.82, 2.24) is 0 Å². The monoisotopic (exact) mass is 277 g/mol. The molecule has 0 aliphatic carbocycles. The largest absolute Gasteiger partial charge is 0.481 e. The number of carbonyl (C=O) groups is 2. The van der Waals surface area contributed by atoms with Crippen molar-refractivity contribution in [2.75, 3.05) is 5.32 Å². The lowest BCUT2D eigenvalue weighted by molar-refractivity contribution is -0.139. The van der Waals surface area contributed by atoms with Gasteiger partial charge in [-0.15, -0.1) is 0 Å². The SMILES string of the molecule is CC(C)c1ccc(NC(=O)CC(C)(C)CC(=O)O)cc1. The minimum absolute atomic E-state index is 0.0211. The van der Waals surface area contributed by atoms with Gasteiger partial charge in [-0.25, -0.2) is 0 Å². The summed E-state index contributed by atoms with van der Waals surface area (Å²) in [5, 5.41) is 11.6. The van der Waals surface area contributed by atoms with Gasteiger partial charge < -0.3 is 10.4 Å². The summed E-state index contributed by atoms with van der Waals surface area (Å²) in [6.45, 7) is 7.79.